The number of hydrazine groups is 1. The third-order valence-electron chi connectivity index (χ3n) is 2.10. The van der Waals surface area contributed by atoms with Gasteiger partial charge in [0.05, 0.1) is 11.4 Å². The van der Waals surface area contributed by atoms with Gasteiger partial charge in [-0.2, -0.15) is 0 Å². The fourth-order valence-corrected chi connectivity index (χ4v) is 1.13. The number of hydrogen-bond acceptors (Lipinski definition) is 3. The molecular weight excluding hydrogens is 174 g/mol. The topological polar surface area (TPSA) is 50.4 Å². The summed E-state index contributed by atoms with van der Waals surface area (Å²) < 4.78 is 0. The van der Waals surface area contributed by atoms with Crippen molar-refractivity contribution in [3.05, 3.63) is 23.5 Å². The van der Waals surface area contributed by atoms with Crippen LogP contribution in [0.4, 0.5) is 0 Å². The zero-order valence-corrected chi connectivity index (χ0v) is 9.59. The molecule has 0 saturated heterocycles. The van der Waals surface area contributed by atoms with Crippen molar-refractivity contribution in [2.45, 2.75) is 40.5 Å². The lowest BCUT2D eigenvalue weighted by Crippen LogP contribution is -2.27. The van der Waals surface area contributed by atoms with E-state index in [0.29, 0.717) is 0 Å². The molecule has 0 spiro atoms. The van der Waals surface area contributed by atoms with Gasteiger partial charge in [0.1, 0.15) is 0 Å². The average Bonchev–Trinajstić information content (AvgIpc) is 2.23. The quantitative estimate of drug-likeness (QED) is 0.402. The van der Waals surface area contributed by atoms with Gasteiger partial charge in [-0.15, -0.1) is 0 Å². The average molecular weight is 195 g/mol. The Hall–Kier alpha value is -1.09. The molecular formula is C11H21N3. The SMILES string of the molecule is C\C=C/N=C(CC)/C(NN)=C(\C)CC. The maximum Gasteiger partial charge on any atom is 0.0689 e. The van der Waals surface area contributed by atoms with Gasteiger partial charge in [0.15, 0.2) is 0 Å². The minimum Gasteiger partial charge on any atom is -0.322 e. The second kappa shape index (κ2) is 7.33. The van der Waals surface area contributed by atoms with Crippen molar-refractivity contribution in [3.8, 4) is 0 Å². The Morgan fingerprint density at radius 2 is 2.00 bits per heavy atom. The molecule has 80 valence electrons. The van der Waals surface area contributed by atoms with Crippen LogP contribution in [0.3, 0.4) is 0 Å². The minimum atomic E-state index is 0.876. The van der Waals surface area contributed by atoms with Crippen LogP contribution in [-0.4, -0.2) is 5.71 Å². The minimum absolute atomic E-state index is 0.876. The normalized spacial score (nSPS) is 14.5. The standard InChI is InChI=1S/C11H21N3/c1-5-8-13-10(7-3)11(14-12)9(4)6-2/h5,8,14H,6-7,12H2,1-4H3/b8-5-,11-9-,13-10+. The third kappa shape index (κ3) is 3.75. The van der Waals surface area contributed by atoms with Gasteiger partial charge < -0.3 is 5.43 Å². The van der Waals surface area contributed by atoms with Gasteiger partial charge in [0.25, 0.3) is 0 Å². The molecule has 0 aromatic carbocycles. The molecule has 0 aromatic heterocycles. The van der Waals surface area contributed by atoms with Gasteiger partial charge >= 0.3 is 0 Å². The van der Waals surface area contributed by atoms with E-state index < -0.39 is 0 Å². The second-order valence-corrected chi connectivity index (χ2v) is 3.06. The highest BCUT2D eigenvalue weighted by atomic mass is 15.2. The molecule has 0 fully saturated rings. The molecule has 0 bridgehead atoms. The van der Waals surface area contributed by atoms with E-state index in [1.807, 2.05) is 13.0 Å². The highest BCUT2D eigenvalue weighted by Gasteiger charge is 2.05. The van der Waals surface area contributed by atoms with E-state index in [2.05, 4.69) is 31.2 Å². The molecule has 0 unspecified atom stereocenters. The summed E-state index contributed by atoms with van der Waals surface area (Å²) in [6.45, 7) is 8.19. The van der Waals surface area contributed by atoms with Crippen LogP contribution in [-0.2, 0) is 0 Å². The maximum absolute atomic E-state index is 5.48. The predicted octanol–water partition coefficient (Wildman–Crippen LogP) is 2.52. The van der Waals surface area contributed by atoms with Gasteiger partial charge in [-0.1, -0.05) is 19.9 Å². The largest absolute Gasteiger partial charge is 0.322 e. The Labute approximate surface area is 86.8 Å². The van der Waals surface area contributed by atoms with Crippen LogP contribution in [0.15, 0.2) is 28.5 Å². The molecule has 0 saturated carbocycles. The van der Waals surface area contributed by atoms with Gasteiger partial charge in [0, 0.05) is 6.20 Å². The van der Waals surface area contributed by atoms with Crippen molar-refractivity contribution in [1.82, 2.24) is 5.43 Å². The number of hydrogen-bond donors (Lipinski definition) is 2. The van der Waals surface area contributed by atoms with E-state index in [1.54, 1.807) is 6.20 Å². The summed E-state index contributed by atoms with van der Waals surface area (Å²) in [7, 11) is 0. The van der Waals surface area contributed by atoms with Gasteiger partial charge in [-0.3, -0.25) is 10.8 Å². The number of nitrogens with one attached hydrogen (secondary N) is 1. The van der Waals surface area contributed by atoms with Crippen LogP contribution in [0.2, 0.25) is 0 Å². The molecule has 0 rings (SSSR count). The molecule has 3 nitrogen and oxygen atoms in total. The summed E-state index contributed by atoms with van der Waals surface area (Å²) in [6.07, 6.45) is 5.56. The highest BCUT2D eigenvalue weighted by molar-refractivity contribution is 6.00. The van der Waals surface area contributed by atoms with Crippen molar-refractivity contribution >= 4 is 5.71 Å². The first kappa shape index (κ1) is 12.9. The van der Waals surface area contributed by atoms with Crippen molar-refractivity contribution in [3.63, 3.8) is 0 Å². The fourth-order valence-electron chi connectivity index (χ4n) is 1.13. The monoisotopic (exact) mass is 195 g/mol. The van der Waals surface area contributed by atoms with Crippen molar-refractivity contribution in [2.24, 2.45) is 10.8 Å². The van der Waals surface area contributed by atoms with E-state index in [4.69, 9.17) is 5.84 Å². The lowest BCUT2D eigenvalue weighted by Gasteiger charge is -2.11. The van der Waals surface area contributed by atoms with Crippen LogP contribution in [0.25, 0.3) is 0 Å². The Bertz CT molecular complexity index is 249. The van der Waals surface area contributed by atoms with Crippen LogP contribution in [0.5, 0.6) is 0 Å². The van der Waals surface area contributed by atoms with Crippen molar-refractivity contribution < 1.29 is 0 Å². The molecule has 14 heavy (non-hydrogen) atoms. The zero-order chi connectivity index (χ0) is 11.0. The molecule has 3 N–H and O–H groups in total. The third-order valence-corrected chi connectivity index (χ3v) is 2.10. The first-order chi connectivity index (χ1) is 6.71. The molecule has 0 aliphatic rings. The molecule has 0 aromatic rings. The van der Waals surface area contributed by atoms with Crippen molar-refractivity contribution in [2.75, 3.05) is 0 Å². The molecule has 0 amide bonds. The molecule has 0 radical (unpaired) electrons. The van der Waals surface area contributed by atoms with Gasteiger partial charge in [0.2, 0.25) is 0 Å². The Morgan fingerprint density at radius 1 is 1.36 bits per heavy atom. The summed E-state index contributed by atoms with van der Waals surface area (Å²) in [4.78, 5) is 4.34. The predicted molar refractivity (Wildman–Crippen MR) is 62.9 cm³/mol. The number of allylic oxidation sites excluding steroid dienone is 3. The Kier molecular flexibility index (Phi) is 6.76. The van der Waals surface area contributed by atoms with Gasteiger partial charge in [-0.05, 0) is 32.3 Å². The van der Waals surface area contributed by atoms with E-state index in [0.717, 1.165) is 24.3 Å². The zero-order valence-electron chi connectivity index (χ0n) is 9.59. The molecule has 0 aliphatic heterocycles. The molecule has 0 atom stereocenters. The van der Waals surface area contributed by atoms with Crippen LogP contribution >= 0.6 is 0 Å². The summed E-state index contributed by atoms with van der Waals surface area (Å²) in [5.74, 6) is 5.48. The van der Waals surface area contributed by atoms with Crippen LogP contribution < -0.4 is 11.3 Å². The first-order valence-electron chi connectivity index (χ1n) is 5.05. The van der Waals surface area contributed by atoms with E-state index >= 15 is 0 Å². The van der Waals surface area contributed by atoms with E-state index in [1.165, 1.54) is 5.57 Å². The lowest BCUT2D eigenvalue weighted by molar-refractivity contribution is 0.883. The molecule has 0 heterocycles. The summed E-state index contributed by atoms with van der Waals surface area (Å²) >= 11 is 0. The fraction of sp³-hybridized carbons (Fsp3) is 0.545. The number of rotatable bonds is 5. The lowest BCUT2D eigenvalue weighted by atomic mass is 10.1. The summed E-state index contributed by atoms with van der Waals surface area (Å²) in [5.41, 5.74) is 5.93. The summed E-state index contributed by atoms with van der Waals surface area (Å²) in [5, 5.41) is 0. The van der Waals surface area contributed by atoms with E-state index in [-0.39, 0.29) is 0 Å². The van der Waals surface area contributed by atoms with Crippen molar-refractivity contribution in [1.29, 1.82) is 0 Å². The molecule has 0 aliphatic carbocycles. The van der Waals surface area contributed by atoms with Crippen LogP contribution in [0.1, 0.15) is 40.5 Å². The molecule has 3 heteroatoms. The summed E-state index contributed by atoms with van der Waals surface area (Å²) in [6, 6.07) is 0. The van der Waals surface area contributed by atoms with E-state index in [9.17, 15) is 0 Å². The second-order valence-electron chi connectivity index (χ2n) is 3.06. The smallest absolute Gasteiger partial charge is 0.0689 e. The van der Waals surface area contributed by atoms with Gasteiger partial charge in [-0.25, -0.2) is 0 Å². The number of nitrogens with two attached hydrogens (primary N) is 1. The van der Waals surface area contributed by atoms with Crippen LogP contribution in [0, 0.1) is 0 Å². The number of nitrogens with zero attached hydrogens (tertiary/aromatic N) is 1. The first-order valence-corrected chi connectivity index (χ1v) is 5.05. The maximum atomic E-state index is 5.48. The Balaban J connectivity index is 4.98. The number of aliphatic imine (C=N–C) groups is 1. The Morgan fingerprint density at radius 3 is 2.36 bits per heavy atom. The highest BCUT2D eigenvalue weighted by Crippen LogP contribution is 2.08.